The highest BCUT2D eigenvalue weighted by Crippen LogP contribution is 2.35. The average Bonchev–Trinajstić information content (AvgIpc) is 3.15. The van der Waals surface area contributed by atoms with E-state index in [-0.39, 0.29) is 0 Å². The first-order valence-corrected chi connectivity index (χ1v) is 10.1. The summed E-state index contributed by atoms with van der Waals surface area (Å²) in [6.45, 7) is 0.475. The molecule has 2 aromatic carbocycles. The van der Waals surface area contributed by atoms with Crippen LogP contribution in [0.5, 0.6) is 0 Å². The highest BCUT2D eigenvalue weighted by Gasteiger charge is 2.20. The third kappa shape index (κ3) is 3.67. The molecule has 152 valence electrons. The molecule has 3 aromatic heterocycles. The lowest BCUT2D eigenvalue weighted by Gasteiger charge is -2.09. The smallest absolute Gasteiger partial charge is 0.225 e. The second kappa shape index (κ2) is 8.04. The van der Waals surface area contributed by atoms with Gasteiger partial charge in [-0.05, 0) is 30.3 Å². The molecule has 5 rings (SSSR count). The molecule has 31 heavy (non-hydrogen) atoms. The van der Waals surface area contributed by atoms with Crippen LogP contribution in [-0.4, -0.2) is 24.7 Å². The van der Waals surface area contributed by atoms with E-state index in [1.165, 1.54) is 0 Å². The van der Waals surface area contributed by atoms with Crippen molar-refractivity contribution in [2.75, 3.05) is 11.1 Å². The summed E-state index contributed by atoms with van der Waals surface area (Å²) in [5.41, 5.74) is 10.1. The minimum Gasteiger partial charge on any atom is -0.383 e. The molecule has 5 aromatic rings. The van der Waals surface area contributed by atoms with Crippen LogP contribution in [0.15, 0.2) is 79.0 Å². The lowest BCUT2D eigenvalue weighted by molar-refractivity contribution is 0.899. The van der Waals surface area contributed by atoms with E-state index >= 15 is 0 Å². The van der Waals surface area contributed by atoms with Gasteiger partial charge >= 0.3 is 0 Å². The number of anilines is 2. The molecule has 0 atom stereocenters. The van der Waals surface area contributed by atoms with Crippen molar-refractivity contribution in [1.82, 2.24) is 24.7 Å². The third-order valence-corrected chi connectivity index (χ3v) is 5.18. The van der Waals surface area contributed by atoms with Gasteiger partial charge in [0.05, 0.1) is 29.0 Å². The molecule has 0 saturated carbocycles. The van der Waals surface area contributed by atoms with Crippen LogP contribution >= 0.6 is 11.6 Å². The van der Waals surface area contributed by atoms with Gasteiger partial charge in [0.1, 0.15) is 5.82 Å². The van der Waals surface area contributed by atoms with E-state index in [4.69, 9.17) is 22.3 Å². The number of fused-ring (bicyclic) bond motifs is 1. The number of nitrogens with zero attached hydrogens (tertiary/aromatic N) is 5. The second-order valence-electron chi connectivity index (χ2n) is 6.88. The number of nitrogen functional groups attached to an aromatic ring is 1. The van der Waals surface area contributed by atoms with Gasteiger partial charge in [-0.1, -0.05) is 54.1 Å². The topological polar surface area (TPSA) is 94.5 Å². The van der Waals surface area contributed by atoms with Gasteiger partial charge in [-0.15, -0.1) is 5.10 Å². The van der Waals surface area contributed by atoms with E-state index in [1.807, 2.05) is 72.8 Å². The molecule has 0 saturated heterocycles. The van der Waals surface area contributed by atoms with Gasteiger partial charge in [0.15, 0.2) is 5.65 Å². The fourth-order valence-electron chi connectivity index (χ4n) is 3.38. The molecule has 0 amide bonds. The lowest BCUT2D eigenvalue weighted by atomic mass is 10.1. The molecule has 0 radical (unpaired) electrons. The number of halogens is 1. The van der Waals surface area contributed by atoms with Crippen LogP contribution in [-0.2, 0) is 6.54 Å². The Morgan fingerprint density at radius 2 is 1.68 bits per heavy atom. The summed E-state index contributed by atoms with van der Waals surface area (Å²) < 4.78 is 1.67. The van der Waals surface area contributed by atoms with Crippen molar-refractivity contribution in [3.63, 3.8) is 0 Å². The molecule has 8 heteroatoms. The minimum atomic E-state index is 0.422. The van der Waals surface area contributed by atoms with E-state index in [1.54, 1.807) is 10.9 Å². The fourth-order valence-corrected chi connectivity index (χ4v) is 3.60. The highest BCUT2D eigenvalue weighted by atomic mass is 35.5. The minimum absolute atomic E-state index is 0.422. The SMILES string of the molecule is Nc1c2c(-c3ccccc3Cl)nc(NCc3ccccn3)nc2nn1-c1ccccc1. The summed E-state index contributed by atoms with van der Waals surface area (Å²) in [5.74, 6) is 0.873. The van der Waals surface area contributed by atoms with E-state index in [0.29, 0.717) is 40.1 Å². The molecule has 0 aliphatic heterocycles. The van der Waals surface area contributed by atoms with Gasteiger partial charge in [0.2, 0.25) is 5.95 Å². The van der Waals surface area contributed by atoms with E-state index in [2.05, 4.69) is 20.4 Å². The lowest BCUT2D eigenvalue weighted by Crippen LogP contribution is -2.06. The van der Waals surface area contributed by atoms with Crippen LogP contribution in [0.25, 0.3) is 28.0 Å². The first-order valence-electron chi connectivity index (χ1n) is 9.71. The molecule has 0 fully saturated rings. The monoisotopic (exact) mass is 427 g/mol. The number of nitrogens with one attached hydrogen (secondary N) is 1. The Morgan fingerprint density at radius 1 is 0.903 bits per heavy atom. The van der Waals surface area contributed by atoms with Crippen molar-refractivity contribution >= 4 is 34.4 Å². The molecular weight excluding hydrogens is 410 g/mol. The number of para-hydroxylation sites is 1. The van der Waals surface area contributed by atoms with Crippen LogP contribution in [0.3, 0.4) is 0 Å². The fraction of sp³-hybridized carbons (Fsp3) is 0.0435. The Kier molecular flexibility index (Phi) is 4.93. The molecule has 0 aliphatic rings. The molecular formula is C23H18ClN7. The number of aromatic nitrogens is 5. The number of hydrogen-bond acceptors (Lipinski definition) is 6. The van der Waals surface area contributed by atoms with Gasteiger partial charge in [-0.2, -0.15) is 4.98 Å². The summed E-state index contributed by atoms with van der Waals surface area (Å²) in [4.78, 5) is 13.7. The maximum Gasteiger partial charge on any atom is 0.225 e. The molecule has 0 aliphatic carbocycles. The first kappa shape index (κ1) is 19.0. The summed E-state index contributed by atoms with van der Waals surface area (Å²) in [6, 6.07) is 22.9. The first-order chi connectivity index (χ1) is 15.2. The van der Waals surface area contributed by atoms with Crippen molar-refractivity contribution in [2.45, 2.75) is 6.54 Å². The van der Waals surface area contributed by atoms with E-state index in [0.717, 1.165) is 16.9 Å². The van der Waals surface area contributed by atoms with Crippen LogP contribution in [0, 0.1) is 0 Å². The predicted octanol–water partition coefficient (Wildman–Crippen LogP) is 4.73. The zero-order chi connectivity index (χ0) is 21.2. The Balaban J connectivity index is 1.67. The Morgan fingerprint density at radius 3 is 2.45 bits per heavy atom. The van der Waals surface area contributed by atoms with Gasteiger partial charge in [-0.25, -0.2) is 9.67 Å². The molecule has 0 bridgehead atoms. The summed E-state index contributed by atoms with van der Waals surface area (Å²) in [6.07, 6.45) is 1.75. The van der Waals surface area contributed by atoms with Crippen molar-refractivity contribution in [3.05, 3.63) is 89.7 Å². The molecule has 0 spiro atoms. The number of nitrogens with two attached hydrogens (primary N) is 1. The van der Waals surface area contributed by atoms with Crippen molar-refractivity contribution in [1.29, 1.82) is 0 Å². The Hall–Kier alpha value is -3.97. The van der Waals surface area contributed by atoms with E-state index < -0.39 is 0 Å². The number of rotatable bonds is 5. The number of pyridine rings is 1. The van der Waals surface area contributed by atoms with Gasteiger partial charge < -0.3 is 11.1 Å². The molecule has 7 nitrogen and oxygen atoms in total. The normalized spacial score (nSPS) is 11.0. The highest BCUT2D eigenvalue weighted by molar-refractivity contribution is 6.33. The molecule has 3 N–H and O–H groups in total. The zero-order valence-electron chi connectivity index (χ0n) is 16.4. The second-order valence-corrected chi connectivity index (χ2v) is 7.29. The van der Waals surface area contributed by atoms with Crippen LogP contribution in [0.1, 0.15) is 5.69 Å². The third-order valence-electron chi connectivity index (χ3n) is 4.85. The van der Waals surface area contributed by atoms with Crippen molar-refractivity contribution in [2.24, 2.45) is 0 Å². The van der Waals surface area contributed by atoms with Crippen LogP contribution in [0.4, 0.5) is 11.8 Å². The quantitative estimate of drug-likeness (QED) is 0.421. The Bertz CT molecular complexity index is 1350. The predicted molar refractivity (Wildman–Crippen MR) is 123 cm³/mol. The number of benzene rings is 2. The zero-order valence-corrected chi connectivity index (χ0v) is 17.2. The summed E-state index contributed by atoms with van der Waals surface area (Å²) >= 11 is 6.50. The van der Waals surface area contributed by atoms with Gasteiger partial charge in [-0.3, -0.25) is 4.98 Å². The van der Waals surface area contributed by atoms with Crippen LogP contribution in [0.2, 0.25) is 5.02 Å². The molecule has 0 unspecified atom stereocenters. The average molecular weight is 428 g/mol. The Labute approximate surface area is 183 Å². The van der Waals surface area contributed by atoms with Crippen molar-refractivity contribution < 1.29 is 0 Å². The van der Waals surface area contributed by atoms with Gasteiger partial charge in [0, 0.05) is 16.8 Å². The summed E-state index contributed by atoms with van der Waals surface area (Å²) in [5, 5.41) is 9.12. The number of hydrogen-bond donors (Lipinski definition) is 2. The van der Waals surface area contributed by atoms with Crippen LogP contribution < -0.4 is 11.1 Å². The van der Waals surface area contributed by atoms with E-state index in [9.17, 15) is 0 Å². The van der Waals surface area contributed by atoms with Crippen molar-refractivity contribution in [3.8, 4) is 16.9 Å². The maximum absolute atomic E-state index is 6.52. The maximum atomic E-state index is 6.52. The largest absolute Gasteiger partial charge is 0.383 e. The molecule has 3 heterocycles. The van der Waals surface area contributed by atoms with Gasteiger partial charge in [0.25, 0.3) is 0 Å². The summed E-state index contributed by atoms with van der Waals surface area (Å²) in [7, 11) is 0. The standard InChI is InChI=1S/C23H18ClN7/c24-18-12-5-4-11-17(18)20-19-21(25)31(16-9-2-1-3-10-16)30-22(19)29-23(28-20)27-14-15-8-6-7-13-26-15/h1-13H,14,25H2,(H,27,29,30).